The zero-order chi connectivity index (χ0) is 25.9. The molecular weight excluding hydrogens is 465 g/mol. The van der Waals surface area contributed by atoms with Crippen LogP contribution in [0.1, 0.15) is 24.0 Å². The van der Waals surface area contributed by atoms with Gasteiger partial charge in [0.05, 0.1) is 25.7 Å². The summed E-state index contributed by atoms with van der Waals surface area (Å²) in [4.78, 5) is 46.8. The van der Waals surface area contributed by atoms with E-state index < -0.39 is 23.0 Å². The predicted octanol–water partition coefficient (Wildman–Crippen LogP) is 3.07. The number of halogens is 1. The highest BCUT2D eigenvalue weighted by molar-refractivity contribution is 6.10. The lowest BCUT2D eigenvalue weighted by atomic mass is 9.75. The number of methoxy groups -OCH3 is 2. The third-order valence-electron chi connectivity index (χ3n) is 6.65. The summed E-state index contributed by atoms with van der Waals surface area (Å²) in [6.07, 6.45) is 1.04. The number of hydrogen-bond acceptors (Lipinski definition) is 6. The quantitative estimate of drug-likeness (QED) is 0.426. The normalized spacial score (nSPS) is 17.6. The second-order valence-electron chi connectivity index (χ2n) is 8.84. The van der Waals surface area contributed by atoms with Crippen molar-refractivity contribution in [2.24, 2.45) is 0 Å². The molecule has 9 heteroatoms. The van der Waals surface area contributed by atoms with Crippen molar-refractivity contribution in [1.29, 1.82) is 0 Å². The number of rotatable bonds is 9. The van der Waals surface area contributed by atoms with E-state index in [0.717, 1.165) is 15.8 Å². The Morgan fingerprint density at radius 3 is 2.64 bits per heavy atom. The zero-order valence-electron chi connectivity index (χ0n) is 20.5. The van der Waals surface area contributed by atoms with Gasteiger partial charge in [0.25, 0.3) is 0 Å². The second-order valence-corrected chi connectivity index (χ2v) is 8.84. The van der Waals surface area contributed by atoms with Gasteiger partial charge in [-0.3, -0.25) is 24.3 Å². The molecule has 0 saturated carbocycles. The summed E-state index contributed by atoms with van der Waals surface area (Å²) in [5.41, 5.74) is -0.0636. The van der Waals surface area contributed by atoms with Gasteiger partial charge in [0, 0.05) is 50.7 Å². The number of hydrogen-bond donors (Lipinski definition) is 0. The Bertz CT molecular complexity index is 1310. The van der Waals surface area contributed by atoms with E-state index in [4.69, 9.17) is 9.47 Å². The highest BCUT2D eigenvalue weighted by Crippen LogP contribution is 2.41. The maximum Gasteiger partial charge on any atom is 0.241 e. The molecule has 4 rings (SSSR count). The monoisotopic (exact) mass is 493 g/mol. The van der Waals surface area contributed by atoms with Crippen LogP contribution >= 0.6 is 0 Å². The van der Waals surface area contributed by atoms with Crippen LogP contribution in [0.2, 0.25) is 0 Å². The fourth-order valence-electron chi connectivity index (χ4n) is 4.75. The molecule has 0 unspecified atom stereocenters. The van der Waals surface area contributed by atoms with Crippen molar-refractivity contribution in [1.82, 2.24) is 14.8 Å². The molecule has 8 nitrogen and oxygen atoms in total. The average molecular weight is 494 g/mol. The Balaban J connectivity index is 1.65. The first-order valence-electron chi connectivity index (χ1n) is 11.6. The number of aromatic nitrogens is 1. The molecule has 0 bridgehead atoms. The number of amides is 3. The second kappa shape index (κ2) is 10.4. The highest BCUT2D eigenvalue weighted by Gasteiger charge is 2.54. The van der Waals surface area contributed by atoms with E-state index in [1.165, 1.54) is 30.2 Å². The van der Waals surface area contributed by atoms with Gasteiger partial charge in [-0.2, -0.15) is 0 Å². The Morgan fingerprint density at radius 2 is 1.92 bits per heavy atom. The van der Waals surface area contributed by atoms with Crippen LogP contribution in [0.25, 0.3) is 10.9 Å². The molecule has 1 fully saturated rings. The van der Waals surface area contributed by atoms with E-state index in [1.54, 1.807) is 38.6 Å². The Labute approximate surface area is 208 Å². The Hall–Kier alpha value is -3.85. The standard InChI is InChI=1S/C27H28FN3O5/c1-30(17-18-10-11-22(36-3)25-19(18)7-6-12-29-25)23(32)15-27(20-8-4-5-9-21(20)28)16-24(33)31(26(27)34)13-14-35-2/h4-12H,13-17H2,1-3H3/t27-/m1/s1. The number of benzene rings is 2. The van der Waals surface area contributed by atoms with Crippen LogP contribution < -0.4 is 4.74 Å². The minimum Gasteiger partial charge on any atom is -0.494 e. The van der Waals surface area contributed by atoms with E-state index in [-0.39, 0.29) is 44.0 Å². The first-order chi connectivity index (χ1) is 17.3. The van der Waals surface area contributed by atoms with Crippen LogP contribution in [-0.2, 0) is 31.1 Å². The molecular formula is C27H28FN3O5. The summed E-state index contributed by atoms with van der Waals surface area (Å²) < 4.78 is 25.4. The molecule has 0 aliphatic carbocycles. The topological polar surface area (TPSA) is 89.0 Å². The lowest BCUT2D eigenvalue weighted by Gasteiger charge is -2.29. The average Bonchev–Trinajstić information content (AvgIpc) is 3.12. The van der Waals surface area contributed by atoms with Gasteiger partial charge in [0.15, 0.2) is 0 Å². The molecule has 0 radical (unpaired) electrons. The molecule has 3 aromatic rings. The summed E-state index contributed by atoms with van der Waals surface area (Å²) >= 11 is 0. The highest BCUT2D eigenvalue weighted by atomic mass is 19.1. The number of carbonyl (C=O) groups is 3. The summed E-state index contributed by atoms with van der Waals surface area (Å²) in [6.45, 7) is 0.421. The molecule has 2 aromatic carbocycles. The molecule has 36 heavy (non-hydrogen) atoms. The zero-order valence-corrected chi connectivity index (χ0v) is 20.5. The number of imide groups is 1. The minimum absolute atomic E-state index is 0.0409. The fraction of sp³-hybridized carbons (Fsp3) is 0.333. The molecule has 1 atom stereocenters. The first kappa shape index (κ1) is 25.2. The maximum absolute atomic E-state index is 15.0. The van der Waals surface area contributed by atoms with Crippen LogP contribution in [0.15, 0.2) is 54.7 Å². The van der Waals surface area contributed by atoms with E-state index in [0.29, 0.717) is 11.3 Å². The summed E-state index contributed by atoms with van der Waals surface area (Å²) in [5, 5.41) is 0.832. The van der Waals surface area contributed by atoms with Gasteiger partial charge >= 0.3 is 0 Å². The largest absolute Gasteiger partial charge is 0.494 e. The van der Waals surface area contributed by atoms with E-state index in [1.807, 2.05) is 12.1 Å². The molecule has 0 N–H and O–H groups in total. The van der Waals surface area contributed by atoms with Crippen molar-refractivity contribution in [3.8, 4) is 5.75 Å². The van der Waals surface area contributed by atoms with Crippen LogP contribution in [0.3, 0.4) is 0 Å². The summed E-state index contributed by atoms with van der Waals surface area (Å²) in [5.74, 6) is -1.44. The molecule has 0 spiro atoms. The van der Waals surface area contributed by atoms with E-state index in [2.05, 4.69) is 4.98 Å². The van der Waals surface area contributed by atoms with Crippen molar-refractivity contribution >= 4 is 28.6 Å². The van der Waals surface area contributed by atoms with E-state index in [9.17, 15) is 18.8 Å². The Kier molecular flexibility index (Phi) is 7.30. The van der Waals surface area contributed by atoms with E-state index >= 15 is 0 Å². The summed E-state index contributed by atoms with van der Waals surface area (Å²) in [6, 6.07) is 13.2. The molecule has 3 amide bonds. The number of carbonyl (C=O) groups excluding carboxylic acids is 3. The van der Waals surface area contributed by atoms with Crippen molar-refractivity contribution in [3.63, 3.8) is 0 Å². The molecule has 1 aliphatic heterocycles. The Morgan fingerprint density at radius 1 is 1.14 bits per heavy atom. The predicted molar refractivity (Wildman–Crippen MR) is 131 cm³/mol. The smallest absolute Gasteiger partial charge is 0.241 e. The van der Waals surface area contributed by atoms with Crippen LogP contribution in [0.5, 0.6) is 5.75 Å². The van der Waals surface area contributed by atoms with Gasteiger partial charge in [-0.05, 0) is 23.8 Å². The third kappa shape index (κ3) is 4.54. The van der Waals surface area contributed by atoms with Gasteiger partial charge in [-0.15, -0.1) is 0 Å². The first-order valence-corrected chi connectivity index (χ1v) is 11.6. The van der Waals surface area contributed by atoms with Crippen molar-refractivity contribution < 1.29 is 28.2 Å². The van der Waals surface area contributed by atoms with Gasteiger partial charge < -0.3 is 14.4 Å². The molecule has 1 saturated heterocycles. The van der Waals surface area contributed by atoms with Crippen molar-refractivity contribution in [2.75, 3.05) is 34.4 Å². The third-order valence-corrected chi connectivity index (χ3v) is 6.65. The fourth-order valence-corrected chi connectivity index (χ4v) is 4.75. The molecule has 2 heterocycles. The number of ether oxygens (including phenoxy) is 2. The van der Waals surface area contributed by atoms with Crippen LogP contribution in [0, 0.1) is 5.82 Å². The lowest BCUT2D eigenvalue weighted by molar-refractivity contribution is -0.143. The minimum atomic E-state index is -1.62. The van der Waals surface area contributed by atoms with Gasteiger partial charge in [0.1, 0.15) is 17.1 Å². The van der Waals surface area contributed by atoms with Crippen LogP contribution in [0.4, 0.5) is 4.39 Å². The molecule has 188 valence electrons. The lowest BCUT2D eigenvalue weighted by Crippen LogP contribution is -2.43. The number of fused-ring (bicyclic) bond motifs is 1. The van der Waals surface area contributed by atoms with Crippen molar-refractivity contribution in [2.45, 2.75) is 24.8 Å². The number of pyridine rings is 1. The van der Waals surface area contributed by atoms with Gasteiger partial charge in [-0.25, -0.2) is 4.39 Å². The number of likely N-dealkylation sites (tertiary alicyclic amines) is 1. The summed E-state index contributed by atoms with van der Waals surface area (Å²) in [7, 11) is 4.65. The number of nitrogens with zero attached hydrogens (tertiary/aromatic N) is 3. The SMILES string of the molecule is COCCN1C(=O)C[C@](CC(=O)N(C)Cc2ccc(OC)c3ncccc23)(c2ccccc2F)C1=O. The maximum atomic E-state index is 15.0. The van der Waals surface area contributed by atoms with Crippen molar-refractivity contribution in [3.05, 3.63) is 71.7 Å². The van der Waals surface area contributed by atoms with Crippen LogP contribution in [-0.4, -0.2) is 66.9 Å². The molecule has 1 aliphatic rings. The molecule has 1 aromatic heterocycles. The van der Waals surface area contributed by atoms with Gasteiger partial charge in [0.2, 0.25) is 17.7 Å². The van der Waals surface area contributed by atoms with Gasteiger partial charge in [-0.1, -0.05) is 30.3 Å².